The van der Waals surface area contributed by atoms with Gasteiger partial charge in [-0.3, -0.25) is 4.90 Å². The van der Waals surface area contributed by atoms with Gasteiger partial charge < -0.3 is 15.0 Å². The molecule has 3 heterocycles. The molecule has 2 aliphatic rings. The lowest BCUT2D eigenvalue weighted by molar-refractivity contribution is -0.274. The fraction of sp³-hybridized carbons (Fsp3) is 0.579. The third kappa shape index (κ3) is 4.07. The van der Waals surface area contributed by atoms with Crippen LogP contribution in [0.1, 0.15) is 31.6 Å². The van der Waals surface area contributed by atoms with Crippen LogP contribution in [0.25, 0.3) is 11.3 Å². The van der Waals surface area contributed by atoms with Gasteiger partial charge in [0.15, 0.2) is 11.6 Å². The van der Waals surface area contributed by atoms with Gasteiger partial charge in [-0.1, -0.05) is 13.8 Å². The van der Waals surface area contributed by atoms with E-state index in [-0.39, 0.29) is 36.2 Å². The highest BCUT2D eigenvalue weighted by Gasteiger charge is 2.57. The highest BCUT2D eigenvalue weighted by Crippen LogP contribution is 2.56. The number of nitrogens with two attached hydrogens (primary N) is 1. The number of piperidine rings is 1. The number of aromatic nitrogens is 3. The second kappa shape index (κ2) is 7.36. The summed E-state index contributed by atoms with van der Waals surface area (Å²) in [5.74, 6) is 0.473. The number of nitrogen functional groups attached to an aromatic ring is 1. The average Bonchev–Trinajstić information content (AvgIpc) is 2.97. The van der Waals surface area contributed by atoms with Crippen molar-refractivity contribution in [3.63, 3.8) is 0 Å². The first-order valence-corrected chi connectivity index (χ1v) is 9.64. The quantitative estimate of drug-likeness (QED) is 0.703. The predicted molar refractivity (Wildman–Crippen MR) is 99.1 cm³/mol. The summed E-state index contributed by atoms with van der Waals surface area (Å²) in [6.45, 7) is 4.95. The Labute approximate surface area is 169 Å². The molecular weight excluding hydrogens is 409 g/mol. The smallest absolute Gasteiger partial charge is 0.402 e. The van der Waals surface area contributed by atoms with Gasteiger partial charge in [0.1, 0.15) is 5.82 Å². The summed E-state index contributed by atoms with van der Waals surface area (Å²) in [7, 11) is 0. The first kappa shape index (κ1) is 20.8. The second-order valence-corrected chi connectivity index (χ2v) is 8.13. The number of ether oxygens (including phenoxy) is 1. The molecule has 4 rings (SSSR count). The zero-order valence-electron chi connectivity index (χ0n) is 16.4. The lowest BCUT2D eigenvalue weighted by Gasteiger charge is -2.20. The molecule has 1 saturated heterocycles. The van der Waals surface area contributed by atoms with Crippen molar-refractivity contribution in [2.75, 3.05) is 25.4 Å². The van der Waals surface area contributed by atoms with Gasteiger partial charge in [0.25, 0.3) is 6.43 Å². The van der Waals surface area contributed by atoms with Crippen LogP contribution in [0.4, 0.5) is 27.8 Å². The molecule has 30 heavy (non-hydrogen) atoms. The summed E-state index contributed by atoms with van der Waals surface area (Å²) in [6.07, 6.45) is -4.08. The molecule has 2 aromatic heterocycles. The van der Waals surface area contributed by atoms with E-state index in [4.69, 9.17) is 5.73 Å². The summed E-state index contributed by atoms with van der Waals surface area (Å²) in [5.41, 5.74) is 6.33. The minimum Gasteiger partial charge on any atom is -0.402 e. The zero-order valence-corrected chi connectivity index (χ0v) is 16.4. The Morgan fingerprint density at radius 1 is 1.23 bits per heavy atom. The fourth-order valence-corrected chi connectivity index (χ4v) is 4.35. The number of imidazole rings is 1. The fourth-order valence-electron chi connectivity index (χ4n) is 4.35. The highest BCUT2D eigenvalue weighted by molar-refractivity contribution is 5.64. The summed E-state index contributed by atoms with van der Waals surface area (Å²) in [6, 6.07) is 1.33. The summed E-state index contributed by atoms with van der Waals surface area (Å²) in [4.78, 5) is 10.2. The number of hydrogen-bond donors (Lipinski definition) is 1. The van der Waals surface area contributed by atoms with Gasteiger partial charge in [-0.05, 0) is 17.9 Å². The Kier molecular flexibility index (Phi) is 5.11. The molecule has 11 heteroatoms. The average molecular weight is 431 g/mol. The van der Waals surface area contributed by atoms with E-state index in [1.165, 1.54) is 12.3 Å². The number of fused-ring (bicyclic) bond motifs is 1. The third-order valence-corrected chi connectivity index (χ3v) is 5.62. The summed E-state index contributed by atoms with van der Waals surface area (Å²) in [5, 5.41) is 0. The normalized spacial score (nSPS) is 24.0. The predicted octanol–water partition coefficient (Wildman–Crippen LogP) is 3.92. The molecule has 1 saturated carbocycles. The topological polar surface area (TPSA) is 69.2 Å². The van der Waals surface area contributed by atoms with Crippen molar-refractivity contribution in [2.24, 2.45) is 11.8 Å². The third-order valence-electron chi connectivity index (χ3n) is 5.62. The molecule has 6 nitrogen and oxygen atoms in total. The molecular formula is C19H22F5N5O. The van der Waals surface area contributed by atoms with Crippen LogP contribution in [0.2, 0.25) is 0 Å². The van der Waals surface area contributed by atoms with E-state index in [9.17, 15) is 22.0 Å². The van der Waals surface area contributed by atoms with Crippen molar-refractivity contribution in [1.29, 1.82) is 0 Å². The monoisotopic (exact) mass is 431 g/mol. The SMILES string of the molecule is CC(C)c1nc(-c2cnc(N)c(OC(F)(F)F)c2)cn1C1C2CN(CC(F)F)CC21. The molecule has 2 unspecified atom stereocenters. The number of pyridine rings is 1. The van der Waals surface area contributed by atoms with Gasteiger partial charge in [0, 0.05) is 43.0 Å². The van der Waals surface area contributed by atoms with E-state index in [0.29, 0.717) is 24.3 Å². The molecule has 164 valence electrons. The minimum absolute atomic E-state index is 0.0740. The maximum absolute atomic E-state index is 12.6. The highest BCUT2D eigenvalue weighted by atomic mass is 19.4. The number of hydrogen-bond acceptors (Lipinski definition) is 5. The second-order valence-electron chi connectivity index (χ2n) is 8.13. The molecule has 2 fully saturated rings. The number of alkyl halides is 5. The molecule has 0 spiro atoms. The van der Waals surface area contributed by atoms with E-state index in [1.807, 2.05) is 18.4 Å². The van der Waals surface area contributed by atoms with E-state index < -0.39 is 18.5 Å². The lowest BCUT2D eigenvalue weighted by Crippen LogP contribution is -2.30. The Hall–Kier alpha value is -2.43. The van der Waals surface area contributed by atoms with Crippen LogP contribution in [0, 0.1) is 11.8 Å². The Balaban J connectivity index is 1.59. The van der Waals surface area contributed by atoms with Crippen LogP contribution in [0.3, 0.4) is 0 Å². The van der Waals surface area contributed by atoms with Crippen molar-refractivity contribution >= 4 is 5.82 Å². The van der Waals surface area contributed by atoms with Crippen molar-refractivity contribution in [3.8, 4) is 17.0 Å². The molecule has 2 N–H and O–H groups in total. The number of anilines is 1. The van der Waals surface area contributed by atoms with Crippen LogP contribution < -0.4 is 10.5 Å². The van der Waals surface area contributed by atoms with Crippen LogP contribution in [0.15, 0.2) is 18.5 Å². The van der Waals surface area contributed by atoms with Gasteiger partial charge in [-0.2, -0.15) is 0 Å². The van der Waals surface area contributed by atoms with E-state index >= 15 is 0 Å². The van der Waals surface area contributed by atoms with Crippen LogP contribution in [-0.4, -0.2) is 51.9 Å². The Morgan fingerprint density at radius 3 is 2.47 bits per heavy atom. The Bertz CT molecular complexity index is 917. The molecule has 2 atom stereocenters. The molecule has 0 bridgehead atoms. The molecule has 1 aliphatic carbocycles. The Morgan fingerprint density at radius 2 is 1.90 bits per heavy atom. The number of nitrogens with zero attached hydrogens (tertiary/aromatic N) is 4. The van der Waals surface area contributed by atoms with Crippen molar-refractivity contribution in [1.82, 2.24) is 19.4 Å². The van der Waals surface area contributed by atoms with E-state index in [1.54, 1.807) is 11.1 Å². The van der Waals surface area contributed by atoms with Crippen molar-refractivity contribution in [3.05, 3.63) is 24.3 Å². The summed E-state index contributed by atoms with van der Waals surface area (Å²) < 4.78 is 69.1. The molecule has 0 amide bonds. The minimum atomic E-state index is -4.88. The van der Waals surface area contributed by atoms with Gasteiger partial charge in [-0.15, -0.1) is 13.2 Å². The lowest BCUT2D eigenvalue weighted by atomic mass is 10.2. The maximum atomic E-state index is 12.6. The molecule has 1 aliphatic heterocycles. The summed E-state index contributed by atoms with van der Waals surface area (Å²) >= 11 is 0. The van der Waals surface area contributed by atoms with Gasteiger partial charge in [0.05, 0.1) is 12.2 Å². The number of likely N-dealkylation sites (tertiary alicyclic amines) is 1. The van der Waals surface area contributed by atoms with E-state index in [0.717, 1.165) is 5.82 Å². The largest absolute Gasteiger partial charge is 0.573 e. The number of halogens is 5. The van der Waals surface area contributed by atoms with Gasteiger partial charge >= 0.3 is 6.36 Å². The van der Waals surface area contributed by atoms with Crippen molar-refractivity contribution in [2.45, 2.75) is 38.6 Å². The number of rotatable bonds is 6. The first-order valence-electron chi connectivity index (χ1n) is 9.64. The standard InChI is InChI=1S/C19H22F5N5O/c1-9(2)18-27-13(10-3-14(17(25)26-4-10)30-19(22,23)24)7-29(18)16-11-5-28(6-12(11)16)8-15(20)21/h3-4,7,9,11-12,15-16H,5-6,8H2,1-2H3,(H2,25,26). The zero-order chi connectivity index (χ0) is 21.8. The van der Waals surface area contributed by atoms with Crippen LogP contribution in [-0.2, 0) is 0 Å². The van der Waals surface area contributed by atoms with Gasteiger partial charge in [0.2, 0.25) is 0 Å². The molecule has 0 aromatic carbocycles. The molecule has 0 radical (unpaired) electrons. The van der Waals surface area contributed by atoms with Crippen LogP contribution >= 0.6 is 0 Å². The first-order chi connectivity index (χ1) is 14.0. The van der Waals surface area contributed by atoms with Gasteiger partial charge in [-0.25, -0.2) is 18.7 Å². The van der Waals surface area contributed by atoms with E-state index in [2.05, 4.69) is 14.7 Å². The molecule has 2 aromatic rings. The maximum Gasteiger partial charge on any atom is 0.573 e. The van der Waals surface area contributed by atoms with Crippen molar-refractivity contribution < 1.29 is 26.7 Å². The van der Waals surface area contributed by atoms with Crippen LogP contribution in [0.5, 0.6) is 5.75 Å².